The number of nitrogens with zero attached hydrogens (tertiary/aromatic N) is 6. The fourth-order valence-corrected chi connectivity index (χ4v) is 3.51. The number of benzene rings is 1. The van der Waals surface area contributed by atoms with Gasteiger partial charge >= 0.3 is 0 Å². The molecule has 1 amide bonds. The Morgan fingerprint density at radius 3 is 2.77 bits per heavy atom. The molecule has 31 heavy (non-hydrogen) atoms. The maximum atomic E-state index is 12.8. The quantitative estimate of drug-likeness (QED) is 0.326. The number of hydrogen-bond donors (Lipinski definition) is 1. The molecule has 3 heterocycles. The smallest absolute Gasteiger partial charge is 0.276 e. The maximum Gasteiger partial charge on any atom is 0.276 e. The van der Waals surface area contributed by atoms with Crippen LogP contribution < -0.4 is 10.1 Å². The second-order valence-electron chi connectivity index (χ2n) is 6.44. The Hall–Kier alpha value is -3.80. The largest absolute Gasteiger partial charge is 0.496 e. The van der Waals surface area contributed by atoms with Crippen LogP contribution in [0.2, 0.25) is 0 Å². The summed E-state index contributed by atoms with van der Waals surface area (Å²) >= 11 is 3.50. The van der Waals surface area contributed by atoms with E-state index in [1.165, 1.54) is 35.9 Å². The van der Waals surface area contributed by atoms with E-state index in [0.29, 0.717) is 23.6 Å². The van der Waals surface area contributed by atoms with E-state index in [2.05, 4.69) is 36.4 Å². The summed E-state index contributed by atoms with van der Waals surface area (Å²) in [4.78, 5) is 27.6. The molecule has 158 valence electrons. The fraction of sp³-hybridized carbons (Fsp3) is 0.158. The van der Waals surface area contributed by atoms with Gasteiger partial charge in [0.05, 0.1) is 34.0 Å². The average molecular weight is 486 g/mol. The third-order valence-corrected chi connectivity index (χ3v) is 5.05. The molecule has 0 aliphatic carbocycles. The van der Waals surface area contributed by atoms with Crippen LogP contribution in [0.15, 0.2) is 47.2 Å². The lowest BCUT2D eigenvalue weighted by atomic mass is 10.2. The van der Waals surface area contributed by atoms with Crippen LogP contribution in [-0.4, -0.2) is 42.3 Å². The summed E-state index contributed by atoms with van der Waals surface area (Å²) in [7, 11) is 1.39. The normalized spacial score (nSPS) is 10.9. The molecular weight excluding hydrogens is 470 g/mol. The molecule has 0 saturated heterocycles. The topological polar surface area (TPSA) is 129 Å². The van der Waals surface area contributed by atoms with Crippen LogP contribution in [0.1, 0.15) is 17.4 Å². The van der Waals surface area contributed by atoms with Crippen LogP contribution in [0.5, 0.6) is 5.75 Å². The maximum absolute atomic E-state index is 12.8. The molecule has 1 N–H and O–H groups in total. The first kappa shape index (κ1) is 20.5. The van der Waals surface area contributed by atoms with Crippen molar-refractivity contribution in [3.8, 4) is 17.1 Å². The summed E-state index contributed by atoms with van der Waals surface area (Å²) in [5, 5.41) is 22.6. The van der Waals surface area contributed by atoms with Crippen LogP contribution in [0.4, 0.5) is 11.4 Å². The van der Waals surface area contributed by atoms with Gasteiger partial charge in [-0.2, -0.15) is 10.2 Å². The SMILES string of the molecule is CCn1cc(Br)c(-c2ccnc3cc(C(=O)Nc4cc(OC)cc([N+](=O)[O-])c4)nn23)n1. The minimum Gasteiger partial charge on any atom is -0.496 e. The van der Waals surface area contributed by atoms with Crippen molar-refractivity contribution in [1.82, 2.24) is 24.4 Å². The van der Waals surface area contributed by atoms with Gasteiger partial charge in [-0.05, 0) is 28.9 Å². The zero-order chi connectivity index (χ0) is 22.1. The van der Waals surface area contributed by atoms with Crippen LogP contribution in [0.3, 0.4) is 0 Å². The number of rotatable bonds is 6. The molecule has 11 nitrogen and oxygen atoms in total. The second-order valence-corrected chi connectivity index (χ2v) is 7.30. The number of methoxy groups -OCH3 is 1. The van der Waals surface area contributed by atoms with Gasteiger partial charge < -0.3 is 10.1 Å². The molecule has 0 spiro atoms. The highest BCUT2D eigenvalue weighted by Gasteiger charge is 2.19. The van der Waals surface area contributed by atoms with Crippen LogP contribution in [0.25, 0.3) is 17.0 Å². The molecule has 0 aliphatic rings. The van der Waals surface area contributed by atoms with Crippen LogP contribution in [0, 0.1) is 10.1 Å². The highest BCUT2D eigenvalue weighted by Crippen LogP contribution is 2.28. The number of nitro groups is 1. The molecule has 0 radical (unpaired) electrons. The Morgan fingerprint density at radius 2 is 2.10 bits per heavy atom. The Balaban J connectivity index is 1.69. The molecule has 0 unspecified atom stereocenters. The van der Waals surface area contributed by atoms with Gasteiger partial charge in [0.1, 0.15) is 11.4 Å². The lowest BCUT2D eigenvalue weighted by molar-refractivity contribution is -0.384. The lowest BCUT2D eigenvalue weighted by Crippen LogP contribution is -2.13. The van der Waals surface area contributed by atoms with E-state index in [1.54, 1.807) is 16.9 Å². The number of ether oxygens (including phenoxy) is 1. The van der Waals surface area contributed by atoms with E-state index >= 15 is 0 Å². The Kier molecular flexibility index (Phi) is 5.38. The molecule has 0 atom stereocenters. The number of fused-ring (bicyclic) bond motifs is 1. The van der Waals surface area contributed by atoms with E-state index in [9.17, 15) is 14.9 Å². The number of non-ortho nitro benzene ring substituents is 1. The number of nitro benzene ring substituents is 1. The molecule has 0 saturated carbocycles. The van der Waals surface area contributed by atoms with Crippen molar-refractivity contribution in [3.63, 3.8) is 0 Å². The molecule has 4 rings (SSSR count). The molecular formula is C19H16BrN7O4. The predicted octanol–water partition coefficient (Wildman–Crippen LogP) is 3.54. The minimum atomic E-state index is -0.563. The van der Waals surface area contributed by atoms with Crippen molar-refractivity contribution in [2.45, 2.75) is 13.5 Å². The number of carbonyl (C=O) groups is 1. The molecule has 0 bridgehead atoms. The number of carbonyl (C=O) groups excluding carboxylic acids is 1. The number of amides is 1. The number of hydrogen-bond acceptors (Lipinski definition) is 7. The zero-order valence-corrected chi connectivity index (χ0v) is 18.0. The Labute approximate surface area is 183 Å². The van der Waals surface area contributed by atoms with Crippen LogP contribution in [-0.2, 0) is 6.54 Å². The van der Waals surface area contributed by atoms with Crippen molar-refractivity contribution in [2.75, 3.05) is 12.4 Å². The lowest BCUT2D eigenvalue weighted by Gasteiger charge is -2.06. The summed E-state index contributed by atoms with van der Waals surface area (Å²) in [6.45, 7) is 2.68. The van der Waals surface area contributed by atoms with E-state index in [0.717, 1.165) is 4.47 Å². The predicted molar refractivity (Wildman–Crippen MR) is 115 cm³/mol. The number of halogens is 1. The molecule has 4 aromatic rings. The van der Waals surface area contributed by atoms with Crippen molar-refractivity contribution < 1.29 is 14.5 Å². The molecule has 12 heteroatoms. The highest BCUT2D eigenvalue weighted by molar-refractivity contribution is 9.10. The number of nitrogens with one attached hydrogen (secondary N) is 1. The van der Waals surface area contributed by atoms with Gasteiger partial charge in [0.25, 0.3) is 11.6 Å². The second kappa shape index (κ2) is 8.14. The molecule has 0 aliphatic heterocycles. The first-order valence-electron chi connectivity index (χ1n) is 9.12. The summed E-state index contributed by atoms with van der Waals surface area (Å²) < 4.78 is 9.15. The van der Waals surface area contributed by atoms with E-state index in [1.807, 2.05) is 13.1 Å². The number of aromatic nitrogens is 5. The van der Waals surface area contributed by atoms with Crippen molar-refractivity contribution in [3.05, 3.63) is 63.0 Å². The van der Waals surface area contributed by atoms with Crippen molar-refractivity contribution in [1.29, 1.82) is 0 Å². The van der Waals surface area contributed by atoms with E-state index < -0.39 is 10.8 Å². The average Bonchev–Trinajstić information content (AvgIpc) is 3.36. The standard InChI is InChI=1S/C19H16BrN7O4/c1-3-25-10-14(20)18(24-25)16-4-5-21-17-9-15(23-26(16)17)19(28)22-11-6-12(27(29)30)8-13(7-11)31-2/h4-10H,3H2,1-2H3,(H,22,28). The van der Waals surface area contributed by atoms with Gasteiger partial charge in [0.15, 0.2) is 11.3 Å². The third-order valence-electron chi connectivity index (χ3n) is 4.47. The number of aryl methyl sites for hydroxylation is 1. The van der Waals surface area contributed by atoms with Gasteiger partial charge in [-0.25, -0.2) is 9.50 Å². The van der Waals surface area contributed by atoms with Gasteiger partial charge in [0.2, 0.25) is 0 Å². The zero-order valence-electron chi connectivity index (χ0n) is 16.4. The van der Waals surface area contributed by atoms with Crippen molar-refractivity contribution >= 4 is 38.9 Å². The summed E-state index contributed by atoms with van der Waals surface area (Å²) in [5.41, 5.74) is 1.87. The monoisotopic (exact) mass is 485 g/mol. The fourth-order valence-electron chi connectivity index (χ4n) is 2.99. The third kappa shape index (κ3) is 3.97. The van der Waals surface area contributed by atoms with Crippen molar-refractivity contribution in [2.24, 2.45) is 0 Å². The molecule has 0 fully saturated rings. The highest BCUT2D eigenvalue weighted by atomic mass is 79.9. The van der Waals surface area contributed by atoms with Gasteiger partial charge in [0, 0.05) is 37.1 Å². The van der Waals surface area contributed by atoms with Gasteiger partial charge in [-0.3, -0.25) is 19.6 Å². The Morgan fingerprint density at radius 1 is 1.29 bits per heavy atom. The van der Waals surface area contributed by atoms with E-state index in [-0.39, 0.29) is 22.8 Å². The summed E-state index contributed by atoms with van der Waals surface area (Å²) in [5.74, 6) is -0.294. The molecule has 1 aromatic carbocycles. The number of anilines is 1. The van der Waals surface area contributed by atoms with Gasteiger partial charge in [-0.1, -0.05) is 0 Å². The van der Waals surface area contributed by atoms with E-state index in [4.69, 9.17) is 4.74 Å². The summed E-state index contributed by atoms with van der Waals surface area (Å²) in [6.07, 6.45) is 3.46. The summed E-state index contributed by atoms with van der Waals surface area (Å²) in [6, 6.07) is 7.27. The van der Waals surface area contributed by atoms with Gasteiger partial charge in [-0.15, -0.1) is 0 Å². The molecule has 3 aromatic heterocycles. The Bertz CT molecular complexity index is 1310. The first-order chi connectivity index (χ1) is 14.9. The first-order valence-corrected chi connectivity index (χ1v) is 9.92. The van der Waals surface area contributed by atoms with Crippen LogP contribution >= 0.6 is 15.9 Å². The minimum absolute atomic E-state index is 0.0940.